The number of carbonyl (C=O) groups is 6. The standard InChI is InChI=1S/C19H23NO4.C18H21NO4.CH4O.CH4.Li.H2O/c1-24-19(23)16-11-14-9-5-6-10-15(14)12-20(16)18(22)17(21)13-7-3-2-4-8-13;20-16(12-6-2-1-3-7-12)17(21)19-11-14-9-5-4-8-13(14)10-15(19)18(22)23;1-2;;;/h5-6,9-10,13,16H,2-4,7-8,11-12H2,1H3;4-5,8-9,12,15H,1-3,6-7,10-11H2,(H,22,23);2H,1H3;1H4;;1H2/q;;;;+1;/p-1. The largest absolute Gasteiger partial charge is 1.00 e. The molecular formula is C39H53LiN2O10. The number of amides is 2. The van der Waals surface area contributed by atoms with Crippen LogP contribution in [0.25, 0.3) is 0 Å². The van der Waals surface area contributed by atoms with Crippen molar-refractivity contribution in [3.05, 3.63) is 70.8 Å². The Kier molecular flexibility index (Phi) is 19.8. The van der Waals surface area contributed by atoms with E-state index in [2.05, 4.69) is 0 Å². The maximum atomic E-state index is 12.8. The van der Waals surface area contributed by atoms with Crippen LogP contribution in [0.15, 0.2) is 48.5 Å². The quantitative estimate of drug-likeness (QED) is 0.252. The van der Waals surface area contributed by atoms with Gasteiger partial charge in [0.2, 0.25) is 11.6 Å². The number of carboxylic acids is 1. The van der Waals surface area contributed by atoms with Gasteiger partial charge in [-0.3, -0.25) is 19.2 Å². The third-order valence-corrected chi connectivity index (χ3v) is 10.2. The first kappa shape index (κ1) is 46.2. The van der Waals surface area contributed by atoms with Crippen molar-refractivity contribution in [3.8, 4) is 0 Å². The number of carbonyl (C=O) groups excluding carboxylic acids is 5. The summed E-state index contributed by atoms with van der Waals surface area (Å²) >= 11 is 0. The minimum absolute atomic E-state index is 0. The molecule has 0 aromatic heterocycles. The molecule has 2 saturated carbocycles. The molecule has 2 aliphatic carbocycles. The van der Waals surface area contributed by atoms with Gasteiger partial charge >= 0.3 is 30.8 Å². The Hall–Kier alpha value is -3.82. The zero-order valence-electron chi connectivity index (χ0n) is 29.9. The number of benzene rings is 2. The summed E-state index contributed by atoms with van der Waals surface area (Å²) in [6.45, 7) is 0.484. The number of hydrogen-bond acceptors (Lipinski definition) is 9. The van der Waals surface area contributed by atoms with Crippen LogP contribution in [0.4, 0.5) is 0 Å². The fraction of sp³-hybridized carbons (Fsp3) is 0.538. The molecule has 0 radical (unpaired) electrons. The number of carboxylic acid groups (broad SMARTS) is 1. The summed E-state index contributed by atoms with van der Waals surface area (Å²) in [6.07, 6.45) is 9.84. The second kappa shape index (κ2) is 22.3. The molecule has 6 rings (SSSR count). The predicted molar refractivity (Wildman–Crippen MR) is 189 cm³/mol. The Morgan fingerprint density at radius 2 is 0.962 bits per heavy atom. The van der Waals surface area contributed by atoms with Crippen LogP contribution in [0.5, 0.6) is 0 Å². The molecule has 2 aromatic carbocycles. The van der Waals surface area contributed by atoms with E-state index in [1.165, 1.54) is 16.9 Å². The van der Waals surface area contributed by atoms with Crippen molar-refractivity contribution >= 4 is 35.3 Å². The first-order valence-electron chi connectivity index (χ1n) is 17.3. The number of methoxy groups -OCH3 is 1. The van der Waals surface area contributed by atoms with E-state index in [1.807, 2.05) is 48.5 Å². The van der Waals surface area contributed by atoms with Gasteiger partial charge in [-0.1, -0.05) is 94.5 Å². The van der Waals surface area contributed by atoms with Crippen molar-refractivity contribution in [2.45, 2.75) is 110 Å². The molecule has 2 aromatic rings. The number of hydrogen-bond donors (Lipinski definition) is 2. The number of fused-ring (bicyclic) bond motifs is 2. The third-order valence-electron chi connectivity index (χ3n) is 10.2. The molecule has 2 heterocycles. The number of ketones is 2. The number of esters is 1. The van der Waals surface area contributed by atoms with E-state index in [4.69, 9.17) is 9.84 Å². The topological polar surface area (TPSA) is 189 Å². The molecule has 4 aliphatic rings. The molecule has 52 heavy (non-hydrogen) atoms. The summed E-state index contributed by atoms with van der Waals surface area (Å²) in [5.41, 5.74) is 3.88. The van der Waals surface area contributed by atoms with Crippen molar-refractivity contribution < 1.29 is 68.1 Å². The molecule has 0 bridgehead atoms. The molecule has 280 valence electrons. The van der Waals surface area contributed by atoms with Crippen LogP contribution in [-0.4, -0.2) is 87.1 Å². The molecular weight excluding hydrogens is 663 g/mol. The van der Waals surface area contributed by atoms with Crippen LogP contribution in [0, 0.1) is 11.8 Å². The number of ether oxygens (including phenoxy) is 1. The Balaban J connectivity index is 0.000000471. The molecule has 13 heteroatoms. The van der Waals surface area contributed by atoms with Gasteiger partial charge in [0.25, 0.3) is 11.8 Å². The normalized spacial score (nSPS) is 19.4. The van der Waals surface area contributed by atoms with Crippen molar-refractivity contribution in [1.29, 1.82) is 0 Å². The molecule has 2 amide bonds. The van der Waals surface area contributed by atoms with Gasteiger partial charge < -0.3 is 30.2 Å². The average Bonchev–Trinajstić information content (AvgIpc) is 3.17. The molecule has 12 nitrogen and oxygen atoms in total. The van der Waals surface area contributed by atoms with Gasteiger partial charge in [0.15, 0.2) is 0 Å². The smallest absolute Gasteiger partial charge is 0.870 e. The van der Waals surface area contributed by atoms with Crippen molar-refractivity contribution in [2.75, 3.05) is 14.2 Å². The van der Waals surface area contributed by atoms with E-state index in [0.29, 0.717) is 6.42 Å². The fourth-order valence-corrected chi connectivity index (χ4v) is 7.40. The van der Waals surface area contributed by atoms with Crippen LogP contribution in [0.1, 0.15) is 93.9 Å². The molecule has 3 N–H and O–H groups in total. The van der Waals surface area contributed by atoms with E-state index in [0.717, 1.165) is 93.6 Å². The number of nitrogens with zero attached hydrogens (tertiary/aromatic N) is 2. The Morgan fingerprint density at radius 1 is 0.615 bits per heavy atom. The van der Waals surface area contributed by atoms with Gasteiger partial charge in [-0.05, 0) is 47.9 Å². The van der Waals surface area contributed by atoms with E-state index in [1.54, 1.807) is 0 Å². The summed E-state index contributed by atoms with van der Waals surface area (Å²) in [4.78, 5) is 77.0. The first-order valence-corrected chi connectivity index (χ1v) is 17.3. The number of rotatable bonds is 6. The van der Waals surface area contributed by atoms with Crippen LogP contribution in [0.2, 0.25) is 0 Å². The van der Waals surface area contributed by atoms with Gasteiger partial charge in [0.1, 0.15) is 12.1 Å². The van der Waals surface area contributed by atoms with Crippen LogP contribution in [0.3, 0.4) is 0 Å². The number of aliphatic hydroxyl groups is 1. The molecule has 2 unspecified atom stereocenters. The number of Topliss-reactive ketones (excluding diaryl/α,β-unsaturated/α-hetero) is 2. The Morgan fingerprint density at radius 3 is 1.33 bits per heavy atom. The average molecular weight is 717 g/mol. The van der Waals surface area contributed by atoms with Crippen molar-refractivity contribution in [1.82, 2.24) is 9.80 Å². The van der Waals surface area contributed by atoms with E-state index < -0.39 is 41.6 Å². The van der Waals surface area contributed by atoms with E-state index in [-0.39, 0.29) is 68.9 Å². The van der Waals surface area contributed by atoms with Crippen LogP contribution >= 0.6 is 0 Å². The second-order valence-electron chi connectivity index (χ2n) is 13.1. The third kappa shape index (κ3) is 11.1. The summed E-state index contributed by atoms with van der Waals surface area (Å²) in [7, 11) is 2.31. The molecule has 0 saturated heterocycles. The Bertz CT molecular complexity index is 1520. The van der Waals surface area contributed by atoms with Gasteiger partial charge in [-0.2, -0.15) is 0 Å². The zero-order chi connectivity index (χ0) is 35.5. The summed E-state index contributed by atoms with van der Waals surface area (Å²) in [5.74, 6) is -3.85. The Labute approximate surface area is 318 Å². The summed E-state index contributed by atoms with van der Waals surface area (Å²) < 4.78 is 4.87. The summed E-state index contributed by atoms with van der Waals surface area (Å²) in [5, 5.41) is 16.5. The van der Waals surface area contributed by atoms with Gasteiger partial charge in [-0.15, -0.1) is 0 Å². The van der Waals surface area contributed by atoms with E-state index >= 15 is 0 Å². The van der Waals surface area contributed by atoms with Crippen LogP contribution in [-0.2, 0) is 59.4 Å². The minimum Gasteiger partial charge on any atom is -0.870 e. The van der Waals surface area contributed by atoms with Gasteiger partial charge in [0, 0.05) is 44.9 Å². The predicted octanol–water partition coefficient (Wildman–Crippen LogP) is 1.51. The van der Waals surface area contributed by atoms with Crippen molar-refractivity contribution in [3.63, 3.8) is 0 Å². The molecule has 2 fully saturated rings. The molecule has 2 aliphatic heterocycles. The first-order chi connectivity index (χ1) is 23.7. The monoisotopic (exact) mass is 716 g/mol. The zero-order valence-corrected chi connectivity index (χ0v) is 29.9. The van der Waals surface area contributed by atoms with E-state index in [9.17, 15) is 33.9 Å². The second-order valence-corrected chi connectivity index (χ2v) is 13.1. The van der Waals surface area contributed by atoms with Crippen LogP contribution < -0.4 is 18.9 Å². The van der Waals surface area contributed by atoms with Crippen molar-refractivity contribution in [2.24, 2.45) is 11.8 Å². The maximum absolute atomic E-state index is 12.8. The van der Waals surface area contributed by atoms with Gasteiger partial charge in [-0.25, -0.2) is 9.59 Å². The number of aliphatic carboxylic acids is 1. The molecule has 2 atom stereocenters. The summed E-state index contributed by atoms with van der Waals surface area (Å²) in [6, 6.07) is 13.5. The maximum Gasteiger partial charge on any atom is 1.00 e. The SMILES string of the molecule is C.CO.COC(=O)C1Cc2ccccc2CN1C(=O)C(=O)C1CCCCC1.O=C(C(=O)N1Cc2ccccc2CC1C(=O)O)C1CCCCC1.[Li+].[OH-]. The number of aliphatic hydroxyl groups excluding tert-OH is 1. The fourth-order valence-electron chi connectivity index (χ4n) is 7.40. The molecule has 0 spiro atoms. The minimum atomic E-state index is -1.05. The van der Waals surface area contributed by atoms with Gasteiger partial charge in [0.05, 0.1) is 7.11 Å².